The molecule has 7 heteroatoms. The number of carbonyl (C=O) groups is 1. The molecule has 1 fully saturated rings. The van der Waals surface area contributed by atoms with Crippen LogP contribution in [0.5, 0.6) is 0 Å². The fraction of sp³-hybridized carbons (Fsp3) is 0.667. The van der Waals surface area contributed by atoms with Crippen molar-refractivity contribution in [2.75, 3.05) is 19.8 Å². The number of carbonyl (C=O) groups excluding carboxylic acids is 1. The number of aliphatic hydroxyl groups excluding tert-OH is 1. The molecule has 1 aliphatic heterocycles. The van der Waals surface area contributed by atoms with Crippen molar-refractivity contribution in [1.82, 2.24) is 0 Å². The standard InChI is InChI=1S/C21H32O7/c1-4-10-17(22)21(24)20(23)19(26-6-3)18(16(28-21)14-25-5-2)27-13-15-11-8-7-9-12-15/h7-9,11-12,16,18-20,23-24H,4-6,10,13-14H2,1-3H3/t16-,18-,19+,20-,21?/m1/s1. The van der Waals surface area contributed by atoms with E-state index in [2.05, 4.69) is 0 Å². The summed E-state index contributed by atoms with van der Waals surface area (Å²) in [7, 11) is 0. The Kier molecular flexibility index (Phi) is 9.01. The van der Waals surface area contributed by atoms with Crippen molar-refractivity contribution in [2.45, 2.75) is 70.4 Å². The van der Waals surface area contributed by atoms with Crippen LogP contribution in [-0.4, -0.2) is 66.0 Å². The van der Waals surface area contributed by atoms with Crippen molar-refractivity contribution in [3.8, 4) is 0 Å². The number of aliphatic hydroxyl groups is 2. The number of Topliss-reactive ketones (excluding diaryl/α,β-unsaturated/α-hetero) is 1. The van der Waals surface area contributed by atoms with Crippen LogP contribution >= 0.6 is 0 Å². The molecule has 1 saturated heterocycles. The average Bonchev–Trinajstić information content (AvgIpc) is 2.70. The van der Waals surface area contributed by atoms with Crippen LogP contribution in [0.1, 0.15) is 39.2 Å². The molecule has 1 aromatic carbocycles. The van der Waals surface area contributed by atoms with E-state index in [1.807, 2.05) is 44.2 Å². The topological polar surface area (TPSA) is 94.5 Å². The SMILES string of the molecule is CCCC(=O)C1(O)O[C@H](COCC)[C@@H](OCc2ccccc2)[C@H](OCC)[C@H]1O. The van der Waals surface area contributed by atoms with Gasteiger partial charge in [0, 0.05) is 19.6 Å². The lowest BCUT2D eigenvalue weighted by atomic mass is 9.88. The van der Waals surface area contributed by atoms with Crippen molar-refractivity contribution < 1.29 is 34.0 Å². The lowest BCUT2D eigenvalue weighted by Crippen LogP contribution is -2.69. The van der Waals surface area contributed by atoms with Gasteiger partial charge in [-0.3, -0.25) is 4.79 Å². The molecule has 28 heavy (non-hydrogen) atoms. The molecular weight excluding hydrogens is 364 g/mol. The molecule has 0 aromatic heterocycles. The Morgan fingerprint density at radius 3 is 2.43 bits per heavy atom. The van der Waals surface area contributed by atoms with Crippen LogP contribution in [0.2, 0.25) is 0 Å². The van der Waals surface area contributed by atoms with Gasteiger partial charge in [-0.05, 0) is 25.8 Å². The highest BCUT2D eigenvalue weighted by molar-refractivity contribution is 5.86. The van der Waals surface area contributed by atoms with E-state index in [0.29, 0.717) is 13.0 Å². The molecule has 1 unspecified atom stereocenters. The Bertz CT molecular complexity index is 594. The predicted molar refractivity (Wildman–Crippen MR) is 103 cm³/mol. The molecule has 0 bridgehead atoms. The highest BCUT2D eigenvalue weighted by Crippen LogP contribution is 2.34. The largest absolute Gasteiger partial charge is 0.384 e. The third-order valence-electron chi connectivity index (χ3n) is 4.74. The summed E-state index contributed by atoms with van der Waals surface area (Å²) in [6.07, 6.45) is -3.36. The minimum Gasteiger partial charge on any atom is -0.384 e. The normalized spacial score (nSPS) is 30.3. The minimum atomic E-state index is -2.34. The first-order chi connectivity index (χ1) is 13.5. The predicted octanol–water partition coefficient (Wildman–Crippen LogP) is 1.83. The van der Waals surface area contributed by atoms with Gasteiger partial charge in [-0.15, -0.1) is 0 Å². The number of hydrogen-bond acceptors (Lipinski definition) is 7. The van der Waals surface area contributed by atoms with Crippen LogP contribution in [0.25, 0.3) is 0 Å². The van der Waals surface area contributed by atoms with Gasteiger partial charge < -0.3 is 29.2 Å². The fourth-order valence-electron chi connectivity index (χ4n) is 3.33. The van der Waals surface area contributed by atoms with E-state index in [4.69, 9.17) is 18.9 Å². The highest BCUT2D eigenvalue weighted by Gasteiger charge is 2.58. The highest BCUT2D eigenvalue weighted by atomic mass is 16.7. The Labute approximate surface area is 166 Å². The van der Waals surface area contributed by atoms with Crippen molar-refractivity contribution in [2.24, 2.45) is 0 Å². The maximum absolute atomic E-state index is 12.5. The van der Waals surface area contributed by atoms with Gasteiger partial charge in [0.15, 0.2) is 5.78 Å². The molecule has 1 aromatic rings. The second kappa shape index (κ2) is 11.0. The quantitative estimate of drug-likeness (QED) is 0.589. The van der Waals surface area contributed by atoms with Gasteiger partial charge in [-0.25, -0.2) is 0 Å². The van der Waals surface area contributed by atoms with Gasteiger partial charge in [-0.2, -0.15) is 0 Å². The number of hydrogen-bond donors (Lipinski definition) is 2. The molecule has 0 aliphatic carbocycles. The Morgan fingerprint density at radius 1 is 1.11 bits per heavy atom. The van der Waals surface area contributed by atoms with Gasteiger partial charge in [0.25, 0.3) is 5.79 Å². The number of ether oxygens (including phenoxy) is 4. The first-order valence-electron chi connectivity index (χ1n) is 9.94. The van der Waals surface area contributed by atoms with Crippen molar-refractivity contribution in [3.05, 3.63) is 35.9 Å². The van der Waals surface area contributed by atoms with Gasteiger partial charge >= 0.3 is 0 Å². The van der Waals surface area contributed by atoms with Crippen LogP contribution in [0, 0.1) is 0 Å². The van der Waals surface area contributed by atoms with Gasteiger partial charge in [0.1, 0.15) is 24.4 Å². The van der Waals surface area contributed by atoms with E-state index in [1.54, 1.807) is 6.92 Å². The second-order valence-corrected chi connectivity index (χ2v) is 6.81. The molecule has 0 radical (unpaired) electrons. The van der Waals surface area contributed by atoms with Crippen LogP contribution in [0.4, 0.5) is 0 Å². The van der Waals surface area contributed by atoms with Gasteiger partial charge in [0.05, 0.1) is 13.2 Å². The van der Waals surface area contributed by atoms with Crippen molar-refractivity contribution in [1.29, 1.82) is 0 Å². The molecule has 1 heterocycles. The molecule has 0 spiro atoms. The van der Waals surface area contributed by atoms with E-state index < -0.39 is 36.0 Å². The molecule has 0 amide bonds. The monoisotopic (exact) mass is 396 g/mol. The van der Waals surface area contributed by atoms with Crippen LogP contribution in [-0.2, 0) is 30.3 Å². The Morgan fingerprint density at radius 2 is 1.82 bits per heavy atom. The first-order valence-corrected chi connectivity index (χ1v) is 9.94. The third-order valence-corrected chi connectivity index (χ3v) is 4.74. The minimum absolute atomic E-state index is 0.0866. The molecule has 2 rings (SSSR count). The van der Waals surface area contributed by atoms with E-state index in [-0.39, 0.29) is 26.2 Å². The zero-order valence-corrected chi connectivity index (χ0v) is 16.9. The summed E-state index contributed by atoms with van der Waals surface area (Å²) in [5.41, 5.74) is 0.949. The zero-order chi connectivity index (χ0) is 20.6. The lowest BCUT2D eigenvalue weighted by Gasteiger charge is -2.47. The van der Waals surface area contributed by atoms with Gasteiger partial charge in [-0.1, -0.05) is 37.3 Å². The summed E-state index contributed by atoms with van der Waals surface area (Å²) >= 11 is 0. The number of rotatable bonds is 11. The molecule has 0 saturated carbocycles. The number of benzene rings is 1. The van der Waals surface area contributed by atoms with Crippen molar-refractivity contribution in [3.63, 3.8) is 0 Å². The zero-order valence-electron chi connectivity index (χ0n) is 16.9. The van der Waals surface area contributed by atoms with E-state index in [0.717, 1.165) is 5.56 Å². The first kappa shape index (κ1) is 22.9. The summed E-state index contributed by atoms with van der Waals surface area (Å²) < 4.78 is 22.9. The molecule has 7 nitrogen and oxygen atoms in total. The van der Waals surface area contributed by atoms with E-state index in [9.17, 15) is 15.0 Å². The van der Waals surface area contributed by atoms with Crippen LogP contribution in [0.15, 0.2) is 30.3 Å². The van der Waals surface area contributed by atoms with Crippen molar-refractivity contribution >= 4 is 5.78 Å². The molecule has 158 valence electrons. The Balaban J connectivity index is 2.26. The third kappa shape index (κ3) is 5.37. The summed E-state index contributed by atoms with van der Waals surface area (Å²) in [5.74, 6) is -2.92. The molecular formula is C21H32O7. The lowest BCUT2D eigenvalue weighted by molar-refractivity contribution is -0.343. The molecule has 2 N–H and O–H groups in total. The Hall–Kier alpha value is -1.35. The smallest absolute Gasteiger partial charge is 0.256 e. The summed E-state index contributed by atoms with van der Waals surface area (Å²) in [6.45, 7) is 6.54. The van der Waals surface area contributed by atoms with Crippen LogP contribution < -0.4 is 0 Å². The molecule has 1 aliphatic rings. The fourth-order valence-corrected chi connectivity index (χ4v) is 3.33. The maximum Gasteiger partial charge on any atom is 0.256 e. The second-order valence-electron chi connectivity index (χ2n) is 6.81. The maximum atomic E-state index is 12.5. The number of ketones is 1. The molecule has 5 atom stereocenters. The summed E-state index contributed by atoms with van der Waals surface area (Å²) in [5, 5.41) is 21.7. The average molecular weight is 396 g/mol. The summed E-state index contributed by atoms with van der Waals surface area (Å²) in [6, 6.07) is 9.58. The van der Waals surface area contributed by atoms with E-state index >= 15 is 0 Å². The van der Waals surface area contributed by atoms with Gasteiger partial charge in [0.2, 0.25) is 0 Å². The summed E-state index contributed by atoms with van der Waals surface area (Å²) in [4.78, 5) is 12.5. The van der Waals surface area contributed by atoms with Crippen LogP contribution in [0.3, 0.4) is 0 Å². The van der Waals surface area contributed by atoms with E-state index in [1.165, 1.54) is 0 Å².